The third kappa shape index (κ3) is 5.70. The first kappa shape index (κ1) is 20.1. The summed E-state index contributed by atoms with van der Waals surface area (Å²) < 4.78 is 11.0. The second-order valence-corrected chi connectivity index (χ2v) is 7.93. The lowest BCUT2D eigenvalue weighted by molar-refractivity contribution is -0.116. The van der Waals surface area contributed by atoms with Crippen LogP contribution in [0.1, 0.15) is 32.8 Å². The molecule has 3 rings (SSSR count). The highest BCUT2D eigenvalue weighted by Gasteiger charge is 2.14. The molecular weight excluding hydrogens is 354 g/mol. The topological polar surface area (TPSA) is 63.7 Å². The fourth-order valence-electron chi connectivity index (χ4n) is 2.98. The van der Waals surface area contributed by atoms with Crippen molar-refractivity contribution in [2.45, 2.75) is 32.6 Å². The van der Waals surface area contributed by atoms with Gasteiger partial charge in [-0.15, -0.1) is 0 Å². The average Bonchev–Trinajstić information content (AvgIpc) is 2.69. The summed E-state index contributed by atoms with van der Waals surface area (Å²) in [5.41, 5.74) is 2.06. The van der Waals surface area contributed by atoms with Gasteiger partial charge in [0.2, 0.25) is 5.91 Å². The number of ether oxygens (including phenoxy) is 2. The van der Waals surface area contributed by atoms with Crippen LogP contribution >= 0.6 is 0 Å². The number of benzene rings is 1. The Morgan fingerprint density at radius 3 is 2.46 bits per heavy atom. The summed E-state index contributed by atoms with van der Waals surface area (Å²) in [6.45, 7) is 9.98. The van der Waals surface area contributed by atoms with Crippen LogP contribution in [-0.2, 0) is 14.9 Å². The summed E-state index contributed by atoms with van der Waals surface area (Å²) in [6, 6.07) is 11.8. The van der Waals surface area contributed by atoms with Crippen LogP contribution < -0.4 is 15.0 Å². The Hall–Kier alpha value is -2.60. The lowest BCUT2D eigenvalue weighted by Gasteiger charge is -2.27. The highest BCUT2D eigenvalue weighted by molar-refractivity contribution is 5.90. The molecule has 1 amide bonds. The van der Waals surface area contributed by atoms with Crippen molar-refractivity contribution in [3.8, 4) is 5.75 Å². The minimum Gasteiger partial charge on any atom is -0.493 e. The molecule has 1 saturated heterocycles. The predicted molar refractivity (Wildman–Crippen MR) is 111 cm³/mol. The highest BCUT2D eigenvalue weighted by Crippen LogP contribution is 2.24. The van der Waals surface area contributed by atoms with Crippen LogP contribution in [0, 0.1) is 0 Å². The number of anilines is 2. The Labute approximate surface area is 166 Å². The predicted octanol–water partition coefficient (Wildman–Crippen LogP) is 3.62. The van der Waals surface area contributed by atoms with Crippen LogP contribution in [0.2, 0.25) is 0 Å². The molecule has 150 valence electrons. The molecule has 1 aromatic carbocycles. The van der Waals surface area contributed by atoms with Crippen molar-refractivity contribution in [1.29, 1.82) is 0 Å². The summed E-state index contributed by atoms with van der Waals surface area (Å²) in [4.78, 5) is 18.7. The Kier molecular flexibility index (Phi) is 6.52. The van der Waals surface area contributed by atoms with Crippen molar-refractivity contribution >= 4 is 17.4 Å². The second kappa shape index (κ2) is 9.06. The summed E-state index contributed by atoms with van der Waals surface area (Å²) in [5, 5.41) is 2.86. The minimum atomic E-state index is -0.0905. The number of aromatic nitrogens is 1. The standard InChI is InChI=1S/C22H29N3O3/c1-22(2,3)17-4-7-19(8-5-17)28-13-10-21(26)24-18-6-9-20(23-16-18)25-11-14-27-15-12-25/h4-9,16H,10-15H2,1-3H3,(H,24,26). The first-order valence-electron chi connectivity index (χ1n) is 9.74. The maximum Gasteiger partial charge on any atom is 0.227 e. The van der Waals surface area contributed by atoms with E-state index in [4.69, 9.17) is 9.47 Å². The Morgan fingerprint density at radius 1 is 1.14 bits per heavy atom. The number of hydrogen-bond acceptors (Lipinski definition) is 5. The molecule has 1 aromatic heterocycles. The molecule has 0 saturated carbocycles. The van der Waals surface area contributed by atoms with Crippen LogP contribution in [-0.4, -0.2) is 43.8 Å². The Bertz CT molecular complexity index is 761. The van der Waals surface area contributed by atoms with Gasteiger partial charge in [0.1, 0.15) is 11.6 Å². The van der Waals surface area contributed by atoms with Crippen LogP contribution in [0.15, 0.2) is 42.6 Å². The maximum absolute atomic E-state index is 12.1. The molecule has 0 unspecified atom stereocenters. The average molecular weight is 383 g/mol. The van der Waals surface area contributed by atoms with Gasteiger partial charge in [-0.25, -0.2) is 4.98 Å². The number of hydrogen-bond donors (Lipinski definition) is 1. The van der Waals surface area contributed by atoms with Crippen LogP contribution in [0.5, 0.6) is 5.75 Å². The molecule has 0 bridgehead atoms. The van der Waals surface area contributed by atoms with E-state index in [-0.39, 0.29) is 17.7 Å². The van der Waals surface area contributed by atoms with Gasteiger partial charge in [-0.1, -0.05) is 32.9 Å². The van der Waals surface area contributed by atoms with Crippen molar-refractivity contribution in [3.63, 3.8) is 0 Å². The summed E-state index contributed by atoms with van der Waals surface area (Å²) in [5.74, 6) is 1.59. The summed E-state index contributed by atoms with van der Waals surface area (Å²) in [7, 11) is 0. The molecule has 1 aliphatic rings. The zero-order chi connectivity index (χ0) is 20.0. The number of amides is 1. The van der Waals surface area contributed by atoms with E-state index in [0.29, 0.717) is 12.3 Å². The van der Waals surface area contributed by atoms with Crippen molar-refractivity contribution in [1.82, 2.24) is 4.98 Å². The Balaban J connectivity index is 1.43. The number of nitrogens with zero attached hydrogens (tertiary/aromatic N) is 2. The van der Waals surface area contributed by atoms with E-state index in [9.17, 15) is 4.79 Å². The lowest BCUT2D eigenvalue weighted by atomic mass is 9.87. The van der Waals surface area contributed by atoms with E-state index >= 15 is 0 Å². The quantitative estimate of drug-likeness (QED) is 0.825. The number of morpholine rings is 1. The molecule has 1 fully saturated rings. The van der Waals surface area contributed by atoms with E-state index in [1.165, 1.54) is 5.56 Å². The summed E-state index contributed by atoms with van der Waals surface area (Å²) >= 11 is 0. The molecule has 2 aromatic rings. The van der Waals surface area contributed by atoms with E-state index in [1.54, 1.807) is 6.20 Å². The number of nitrogens with one attached hydrogen (secondary N) is 1. The zero-order valence-electron chi connectivity index (χ0n) is 16.9. The van der Waals surface area contributed by atoms with Crippen molar-refractivity contribution in [2.75, 3.05) is 43.1 Å². The second-order valence-electron chi connectivity index (χ2n) is 7.93. The van der Waals surface area contributed by atoms with Gasteiger partial charge in [0.25, 0.3) is 0 Å². The normalized spacial score (nSPS) is 14.6. The molecule has 0 aliphatic carbocycles. The third-order valence-corrected chi connectivity index (χ3v) is 4.68. The fraction of sp³-hybridized carbons (Fsp3) is 0.455. The van der Waals surface area contributed by atoms with Gasteiger partial charge in [-0.3, -0.25) is 4.79 Å². The smallest absolute Gasteiger partial charge is 0.227 e. The van der Waals surface area contributed by atoms with Gasteiger partial charge >= 0.3 is 0 Å². The molecule has 0 spiro atoms. The van der Waals surface area contributed by atoms with Crippen LogP contribution in [0.3, 0.4) is 0 Å². The molecule has 1 aliphatic heterocycles. The van der Waals surface area contributed by atoms with Crippen LogP contribution in [0.4, 0.5) is 11.5 Å². The van der Waals surface area contributed by atoms with Crippen molar-refractivity contribution < 1.29 is 14.3 Å². The van der Waals surface area contributed by atoms with Gasteiger partial charge in [0, 0.05) is 13.1 Å². The van der Waals surface area contributed by atoms with Gasteiger partial charge in [0.15, 0.2) is 0 Å². The largest absolute Gasteiger partial charge is 0.493 e. The highest BCUT2D eigenvalue weighted by atomic mass is 16.5. The van der Waals surface area contributed by atoms with E-state index in [1.807, 2.05) is 24.3 Å². The Morgan fingerprint density at radius 2 is 1.86 bits per heavy atom. The lowest BCUT2D eigenvalue weighted by Crippen LogP contribution is -2.36. The molecular formula is C22H29N3O3. The maximum atomic E-state index is 12.1. The van der Waals surface area contributed by atoms with E-state index in [0.717, 1.165) is 37.9 Å². The molecule has 6 nitrogen and oxygen atoms in total. The van der Waals surface area contributed by atoms with E-state index < -0.39 is 0 Å². The molecule has 1 N–H and O–H groups in total. The van der Waals surface area contributed by atoms with Gasteiger partial charge in [-0.2, -0.15) is 0 Å². The molecule has 2 heterocycles. The fourth-order valence-corrected chi connectivity index (χ4v) is 2.98. The van der Waals surface area contributed by atoms with Crippen LogP contribution in [0.25, 0.3) is 0 Å². The van der Waals surface area contributed by atoms with Gasteiger partial charge in [0.05, 0.1) is 38.1 Å². The molecule has 28 heavy (non-hydrogen) atoms. The number of carbonyl (C=O) groups is 1. The third-order valence-electron chi connectivity index (χ3n) is 4.68. The van der Waals surface area contributed by atoms with Crippen molar-refractivity contribution in [3.05, 3.63) is 48.2 Å². The number of rotatable bonds is 6. The number of carbonyl (C=O) groups excluding carboxylic acids is 1. The summed E-state index contributed by atoms with van der Waals surface area (Å²) in [6.07, 6.45) is 1.97. The minimum absolute atomic E-state index is 0.0905. The molecule has 0 atom stereocenters. The number of pyridine rings is 1. The monoisotopic (exact) mass is 383 g/mol. The zero-order valence-corrected chi connectivity index (χ0v) is 16.9. The van der Waals surface area contributed by atoms with Gasteiger partial charge < -0.3 is 19.7 Å². The first-order chi connectivity index (χ1) is 13.4. The molecule has 0 radical (unpaired) electrons. The SMILES string of the molecule is CC(C)(C)c1ccc(OCCC(=O)Nc2ccc(N3CCOCC3)nc2)cc1. The first-order valence-corrected chi connectivity index (χ1v) is 9.74. The van der Waals surface area contributed by atoms with E-state index in [2.05, 4.69) is 48.1 Å². The molecule has 6 heteroatoms. The van der Waals surface area contributed by atoms with Gasteiger partial charge in [-0.05, 0) is 35.2 Å². The van der Waals surface area contributed by atoms with Crippen molar-refractivity contribution in [2.24, 2.45) is 0 Å².